The molecule has 1 aliphatic rings. The quantitative estimate of drug-likeness (QED) is 0.848. The maximum absolute atomic E-state index is 12.8. The predicted molar refractivity (Wildman–Crippen MR) is 87.8 cm³/mol. The first kappa shape index (κ1) is 16.6. The van der Waals surface area contributed by atoms with E-state index in [4.69, 9.17) is 4.52 Å². The van der Waals surface area contributed by atoms with Crippen LogP contribution in [-0.4, -0.2) is 49.0 Å². The maximum Gasteiger partial charge on any atom is 0.269 e. The van der Waals surface area contributed by atoms with Gasteiger partial charge in [0.05, 0.1) is 0 Å². The van der Waals surface area contributed by atoms with Gasteiger partial charge in [0, 0.05) is 25.6 Å². The van der Waals surface area contributed by atoms with Crippen LogP contribution in [0.15, 0.2) is 20.9 Å². The topological polar surface area (TPSA) is 88.3 Å². The molecule has 23 heavy (non-hydrogen) atoms. The maximum atomic E-state index is 12.8. The summed E-state index contributed by atoms with van der Waals surface area (Å²) in [5.74, 6) is 0.843. The van der Waals surface area contributed by atoms with Crippen LogP contribution in [0.25, 0.3) is 10.8 Å². The molecule has 1 saturated heterocycles. The zero-order valence-corrected chi connectivity index (χ0v) is 14.8. The largest absolute Gasteiger partial charge is 0.333 e. The van der Waals surface area contributed by atoms with Gasteiger partial charge in [0.1, 0.15) is 9.77 Å². The Morgan fingerprint density at radius 3 is 2.87 bits per heavy atom. The van der Waals surface area contributed by atoms with Crippen molar-refractivity contribution in [1.29, 1.82) is 0 Å². The van der Waals surface area contributed by atoms with Crippen LogP contribution in [0.4, 0.5) is 0 Å². The lowest BCUT2D eigenvalue weighted by molar-refractivity contribution is 0.418. The van der Waals surface area contributed by atoms with Crippen molar-refractivity contribution in [1.82, 2.24) is 19.8 Å². The van der Waals surface area contributed by atoms with Gasteiger partial charge < -0.3 is 9.84 Å². The fourth-order valence-electron chi connectivity index (χ4n) is 2.53. The molecule has 2 aromatic heterocycles. The number of nitrogens with one attached hydrogen (secondary N) is 1. The van der Waals surface area contributed by atoms with Gasteiger partial charge in [0.15, 0.2) is 5.82 Å². The number of hydrogen-bond donors (Lipinski definition) is 1. The highest BCUT2D eigenvalue weighted by Gasteiger charge is 2.31. The summed E-state index contributed by atoms with van der Waals surface area (Å²) in [6.07, 6.45) is 2.44. The van der Waals surface area contributed by atoms with Crippen molar-refractivity contribution in [3.05, 3.63) is 17.3 Å². The lowest BCUT2D eigenvalue weighted by Gasteiger charge is -2.14. The van der Waals surface area contributed by atoms with Crippen LogP contribution >= 0.6 is 11.3 Å². The zero-order chi connectivity index (χ0) is 16.4. The molecule has 0 aliphatic carbocycles. The molecule has 0 bridgehead atoms. The second kappa shape index (κ2) is 6.68. The molecule has 1 aliphatic heterocycles. The van der Waals surface area contributed by atoms with Crippen molar-refractivity contribution in [2.24, 2.45) is 0 Å². The molecule has 126 valence electrons. The molecule has 1 unspecified atom stereocenters. The van der Waals surface area contributed by atoms with Gasteiger partial charge in [0.2, 0.25) is 10.0 Å². The summed E-state index contributed by atoms with van der Waals surface area (Å²) >= 11 is 1.31. The standard InChI is InChI=1S/C14H20N4O3S2/c1-10(15-2)9-12-16-14(21-17-12)13-11(5-8-22-13)23(19,20)18-6-3-4-7-18/h5,8,10,15H,3-4,6-7,9H2,1-2H3. The van der Waals surface area contributed by atoms with Gasteiger partial charge in [0.25, 0.3) is 5.89 Å². The molecule has 1 atom stereocenters. The number of rotatable bonds is 6. The number of aromatic nitrogens is 2. The Labute approximate surface area is 139 Å². The van der Waals surface area contributed by atoms with Gasteiger partial charge in [-0.1, -0.05) is 5.16 Å². The first-order valence-electron chi connectivity index (χ1n) is 7.60. The summed E-state index contributed by atoms with van der Waals surface area (Å²) in [4.78, 5) is 5.14. The van der Waals surface area contributed by atoms with Crippen molar-refractivity contribution in [3.8, 4) is 10.8 Å². The van der Waals surface area contributed by atoms with Gasteiger partial charge in [-0.25, -0.2) is 8.42 Å². The summed E-state index contributed by atoms with van der Waals surface area (Å²) in [6, 6.07) is 1.84. The van der Waals surface area contributed by atoms with Crippen LogP contribution < -0.4 is 5.32 Å². The average molecular weight is 356 g/mol. The molecule has 1 N–H and O–H groups in total. The van der Waals surface area contributed by atoms with Crippen molar-refractivity contribution in [3.63, 3.8) is 0 Å². The molecule has 1 fully saturated rings. The summed E-state index contributed by atoms with van der Waals surface area (Å²) in [6.45, 7) is 3.17. The molecule has 9 heteroatoms. The lowest BCUT2D eigenvalue weighted by atomic mass is 10.2. The van der Waals surface area contributed by atoms with Gasteiger partial charge in [-0.05, 0) is 38.3 Å². The minimum atomic E-state index is -3.49. The molecule has 0 spiro atoms. The second-order valence-electron chi connectivity index (χ2n) is 5.63. The molecule has 0 amide bonds. The zero-order valence-electron chi connectivity index (χ0n) is 13.2. The second-order valence-corrected chi connectivity index (χ2v) is 8.46. The molecule has 3 heterocycles. The van der Waals surface area contributed by atoms with Crippen LogP contribution in [0.1, 0.15) is 25.6 Å². The van der Waals surface area contributed by atoms with E-state index in [9.17, 15) is 8.42 Å². The van der Waals surface area contributed by atoms with Crippen molar-refractivity contribution in [2.45, 2.75) is 37.1 Å². The number of sulfonamides is 1. The number of likely N-dealkylation sites (N-methyl/N-ethyl adjacent to an activating group) is 1. The van der Waals surface area contributed by atoms with E-state index in [2.05, 4.69) is 15.5 Å². The first-order chi connectivity index (χ1) is 11.0. The number of nitrogens with zero attached hydrogens (tertiary/aromatic N) is 3. The lowest BCUT2D eigenvalue weighted by Crippen LogP contribution is -2.27. The monoisotopic (exact) mass is 356 g/mol. The molecule has 0 saturated carbocycles. The Kier molecular flexibility index (Phi) is 4.81. The SMILES string of the molecule is CNC(C)Cc1noc(-c2sccc2S(=O)(=O)N2CCCC2)n1. The number of thiophene rings is 1. The minimum absolute atomic E-state index is 0.219. The summed E-state index contributed by atoms with van der Waals surface area (Å²) < 4.78 is 32.3. The predicted octanol–water partition coefficient (Wildman–Crippen LogP) is 1.73. The van der Waals surface area contributed by atoms with E-state index in [0.717, 1.165) is 12.8 Å². The summed E-state index contributed by atoms with van der Waals surface area (Å²) in [7, 11) is -1.62. The van der Waals surface area contributed by atoms with E-state index in [0.29, 0.717) is 30.2 Å². The number of hydrogen-bond acceptors (Lipinski definition) is 7. The third kappa shape index (κ3) is 3.32. The molecule has 7 nitrogen and oxygen atoms in total. The summed E-state index contributed by atoms with van der Waals surface area (Å²) in [5, 5.41) is 8.81. The third-order valence-electron chi connectivity index (χ3n) is 3.96. The Bertz CT molecular complexity index is 763. The van der Waals surface area contributed by atoms with E-state index < -0.39 is 10.0 Å². The van der Waals surface area contributed by atoms with Gasteiger partial charge >= 0.3 is 0 Å². The fraction of sp³-hybridized carbons (Fsp3) is 0.571. The smallest absolute Gasteiger partial charge is 0.269 e. The van der Waals surface area contributed by atoms with Crippen LogP contribution in [0.2, 0.25) is 0 Å². The van der Waals surface area contributed by atoms with E-state index in [1.165, 1.54) is 15.6 Å². The van der Waals surface area contributed by atoms with E-state index in [-0.39, 0.29) is 16.8 Å². The van der Waals surface area contributed by atoms with Crippen LogP contribution in [-0.2, 0) is 16.4 Å². The molecule has 2 aromatic rings. The molecule has 3 rings (SSSR count). The Morgan fingerprint density at radius 1 is 1.43 bits per heavy atom. The Balaban J connectivity index is 1.89. The molecule has 0 radical (unpaired) electrons. The van der Waals surface area contributed by atoms with Crippen molar-refractivity contribution in [2.75, 3.05) is 20.1 Å². The molecular weight excluding hydrogens is 336 g/mol. The first-order valence-corrected chi connectivity index (χ1v) is 9.92. The third-order valence-corrected chi connectivity index (χ3v) is 6.93. The van der Waals surface area contributed by atoms with Gasteiger partial charge in [-0.15, -0.1) is 11.3 Å². The highest BCUT2D eigenvalue weighted by atomic mass is 32.2. The average Bonchev–Trinajstić information content (AvgIpc) is 3.26. The molecule has 0 aromatic carbocycles. The van der Waals surface area contributed by atoms with E-state index in [1.54, 1.807) is 11.4 Å². The van der Waals surface area contributed by atoms with E-state index in [1.807, 2.05) is 14.0 Å². The van der Waals surface area contributed by atoms with Crippen LogP contribution in [0, 0.1) is 0 Å². The van der Waals surface area contributed by atoms with Crippen LogP contribution in [0.5, 0.6) is 0 Å². The minimum Gasteiger partial charge on any atom is -0.333 e. The normalized spacial score (nSPS) is 17.7. The van der Waals surface area contributed by atoms with Gasteiger partial charge in [-0.2, -0.15) is 9.29 Å². The van der Waals surface area contributed by atoms with E-state index >= 15 is 0 Å². The van der Waals surface area contributed by atoms with Crippen molar-refractivity contribution >= 4 is 21.4 Å². The Morgan fingerprint density at radius 2 is 2.17 bits per heavy atom. The van der Waals surface area contributed by atoms with Gasteiger partial charge in [-0.3, -0.25) is 0 Å². The van der Waals surface area contributed by atoms with Crippen molar-refractivity contribution < 1.29 is 12.9 Å². The fourth-order valence-corrected chi connectivity index (χ4v) is 5.36. The highest BCUT2D eigenvalue weighted by molar-refractivity contribution is 7.89. The highest BCUT2D eigenvalue weighted by Crippen LogP contribution is 2.34. The summed E-state index contributed by atoms with van der Waals surface area (Å²) in [5.41, 5.74) is 0. The van der Waals surface area contributed by atoms with Crippen LogP contribution in [0.3, 0.4) is 0 Å². The molecular formula is C14H20N4O3S2. The Hall–Kier alpha value is -1.29.